The molecule has 0 saturated heterocycles. The maximum Gasteiger partial charge on any atom is 0.338 e. The van der Waals surface area contributed by atoms with Crippen LogP contribution >= 0.6 is 0 Å². The molecule has 0 spiro atoms. The third kappa shape index (κ3) is 4.48. The number of Topliss-reactive ketones (excluding diaryl/α,β-unsaturated/α-hetero) is 1. The third-order valence-corrected chi connectivity index (χ3v) is 3.59. The van der Waals surface area contributed by atoms with Gasteiger partial charge in [0.2, 0.25) is 0 Å². The highest BCUT2D eigenvalue weighted by atomic mass is 16.5. The molecule has 3 aromatic carbocycles. The van der Waals surface area contributed by atoms with Crippen molar-refractivity contribution in [1.82, 2.24) is 0 Å². The Balaban J connectivity index is 1.56. The second kappa shape index (κ2) is 7.98. The van der Waals surface area contributed by atoms with Gasteiger partial charge in [0.1, 0.15) is 17.2 Å². The van der Waals surface area contributed by atoms with Gasteiger partial charge in [0, 0.05) is 5.56 Å². The zero-order chi connectivity index (χ0) is 18.4. The lowest BCUT2D eigenvalue weighted by Crippen LogP contribution is -2.14. The Bertz CT molecular complexity index is 884. The molecule has 0 fully saturated rings. The molecule has 0 radical (unpaired) electrons. The molecule has 1 N–H and O–H groups in total. The number of hydrogen-bond donors (Lipinski definition) is 1. The molecule has 0 aliphatic carbocycles. The van der Waals surface area contributed by atoms with Gasteiger partial charge in [0.25, 0.3) is 0 Å². The molecule has 0 heterocycles. The fourth-order valence-electron chi connectivity index (χ4n) is 2.23. The Kier molecular flexibility index (Phi) is 5.29. The van der Waals surface area contributed by atoms with Crippen molar-refractivity contribution in [2.75, 3.05) is 6.61 Å². The molecule has 130 valence electrons. The molecule has 0 unspecified atom stereocenters. The number of hydrogen-bond acceptors (Lipinski definition) is 5. The third-order valence-electron chi connectivity index (χ3n) is 3.59. The quantitative estimate of drug-likeness (QED) is 0.533. The van der Waals surface area contributed by atoms with E-state index in [1.807, 2.05) is 6.07 Å². The van der Waals surface area contributed by atoms with Gasteiger partial charge >= 0.3 is 5.97 Å². The summed E-state index contributed by atoms with van der Waals surface area (Å²) in [4.78, 5) is 24.0. The molecule has 5 heteroatoms. The van der Waals surface area contributed by atoms with Gasteiger partial charge < -0.3 is 14.6 Å². The lowest BCUT2D eigenvalue weighted by atomic mass is 10.1. The number of aromatic hydroxyl groups is 1. The van der Waals surface area contributed by atoms with E-state index in [1.165, 1.54) is 12.1 Å². The van der Waals surface area contributed by atoms with E-state index in [-0.39, 0.29) is 18.1 Å². The monoisotopic (exact) mass is 348 g/mol. The van der Waals surface area contributed by atoms with E-state index in [2.05, 4.69) is 0 Å². The topological polar surface area (TPSA) is 72.8 Å². The Morgan fingerprint density at radius 2 is 1.31 bits per heavy atom. The van der Waals surface area contributed by atoms with E-state index >= 15 is 0 Å². The van der Waals surface area contributed by atoms with E-state index < -0.39 is 5.97 Å². The van der Waals surface area contributed by atoms with Gasteiger partial charge in [0.05, 0.1) is 5.56 Å². The highest BCUT2D eigenvalue weighted by molar-refractivity contribution is 5.99. The highest BCUT2D eigenvalue weighted by Crippen LogP contribution is 2.23. The molecule has 0 atom stereocenters. The van der Waals surface area contributed by atoms with E-state index in [4.69, 9.17) is 9.47 Å². The number of ether oxygens (including phenoxy) is 2. The molecular formula is C21H16O5. The summed E-state index contributed by atoms with van der Waals surface area (Å²) < 4.78 is 10.7. The van der Waals surface area contributed by atoms with Gasteiger partial charge in [-0.2, -0.15) is 0 Å². The van der Waals surface area contributed by atoms with E-state index in [0.29, 0.717) is 22.6 Å². The van der Waals surface area contributed by atoms with Gasteiger partial charge in [0.15, 0.2) is 12.4 Å². The number of carbonyl (C=O) groups is 2. The number of ketones is 1. The molecule has 0 saturated carbocycles. The summed E-state index contributed by atoms with van der Waals surface area (Å²) in [6.07, 6.45) is 0. The average Bonchev–Trinajstić information content (AvgIpc) is 2.69. The van der Waals surface area contributed by atoms with Crippen LogP contribution in [0.25, 0.3) is 0 Å². The van der Waals surface area contributed by atoms with Crippen LogP contribution < -0.4 is 4.74 Å². The smallest absolute Gasteiger partial charge is 0.338 e. The minimum Gasteiger partial charge on any atom is -0.508 e. The summed E-state index contributed by atoms with van der Waals surface area (Å²) in [6.45, 7) is -0.311. The predicted octanol–water partition coefficient (Wildman–Crippen LogP) is 4.22. The number of rotatable bonds is 6. The van der Waals surface area contributed by atoms with E-state index in [9.17, 15) is 14.7 Å². The first-order valence-electron chi connectivity index (χ1n) is 7.94. The number of phenols is 1. The average molecular weight is 348 g/mol. The van der Waals surface area contributed by atoms with Crippen molar-refractivity contribution in [2.45, 2.75) is 0 Å². The molecule has 0 bridgehead atoms. The Labute approximate surface area is 150 Å². The molecule has 5 nitrogen and oxygen atoms in total. The largest absolute Gasteiger partial charge is 0.508 e. The van der Waals surface area contributed by atoms with Crippen LogP contribution in [0.5, 0.6) is 17.2 Å². The fourth-order valence-corrected chi connectivity index (χ4v) is 2.23. The number of carbonyl (C=O) groups excluding carboxylic acids is 2. The van der Waals surface area contributed by atoms with Crippen LogP contribution in [0.3, 0.4) is 0 Å². The Morgan fingerprint density at radius 3 is 1.92 bits per heavy atom. The second-order valence-corrected chi connectivity index (χ2v) is 5.49. The molecule has 26 heavy (non-hydrogen) atoms. The summed E-state index contributed by atoms with van der Waals surface area (Å²) in [6, 6.07) is 21.3. The van der Waals surface area contributed by atoms with Crippen molar-refractivity contribution in [3.05, 3.63) is 90.0 Å². The normalized spacial score (nSPS) is 10.2. The van der Waals surface area contributed by atoms with Gasteiger partial charge in [-0.3, -0.25) is 4.79 Å². The van der Waals surface area contributed by atoms with Crippen molar-refractivity contribution >= 4 is 11.8 Å². The van der Waals surface area contributed by atoms with Crippen LogP contribution in [-0.2, 0) is 4.74 Å². The van der Waals surface area contributed by atoms with Crippen molar-refractivity contribution in [3.63, 3.8) is 0 Å². The van der Waals surface area contributed by atoms with Gasteiger partial charge in [-0.1, -0.05) is 30.3 Å². The minimum absolute atomic E-state index is 0.153. The fraction of sp³-hybridized carbons (Fsp3) is 0.0476. The van der Waals surface area contributed by atoms with Gasteiger partial charge in [-0.05, 0) is 48.5 Å². The Hall–Kier alpha value is -3.60. The number of esters is 1. The molecular weight excluding hydrogens is 332 g/mol. The first-order chi connectivity index (χ1) is 12.6. The van der Waals surface area contributed by atoms with Crippen LogP contribution in [0, 0.1) is 0 Å². The Morgan fingerprint density at radius 1 is 0.731 bits per heavy atom. The number of phenolic OH excluding ortho intramolecular Hbond substituents is 1. The van der Waals surface area contributed by atoms with Crippen molar-refractivity contribution in [3.8, 4) is 17.2 Å². The van der Waals surface area contributed by atoms with Crippen molar-refractivity contribution in [2.24, 2.45) is 0 Å². The molecule has 0 aromatic heterocycles. The molecule has 3 aromatic rings. The predicted molar refractivity (Wildman–Crippen MR) is 95.7 cm³/mol. The van der Waals surface area contributed by atoms with E-state index in [0.717, 1.165) is 0 Å². The summed E-state index contributed by atoms with van der Waals surface area (Å²) in [5, 5.41) is 9.25. The summed E-state index contributed by atoms with van der Waals surface area (Å²) >= 11 is 0. The number of benzene rings is 3. The van der Waals surface area contributed by atoms with Crippen molar-refractivity contribution in [1.29, 1.82) is 0 Å². The maximum absolute atomic E-state index is 12.0. The molecule has 0 aliphatic heterocycles. The molecule has 0 amide bonds. The second-order valence-electron chi connectivity index (χ2n) is 5.49. The minimum atomic E-state index is -0.578. The van der Waals surface area contributed by atoms with Crippen LogP contribution in [-0.4, -0.2) is 23.5 Å². The maximum atomic E-state index is 12.0. The van der Waals surface area contributed by atoms with Gasteiger partial charge in [-0.15, -0.1) is 0 Å². The summed E-state index contributed by atoms with van der Waals surface area (Å²) in [5.41, 5.74) is 0.821. The zero-order valence-corrected chi connectivity index (χ0v) is 13.8. The van der Waals surface area contributed by atoms with E-state index in [1.54, 1.807) is 60.7 Å². The first kappa shape index (κ1) is 17.2. The highest BCUT2D eigenvalue weighted by Gasteiger charge is 2.12. The first-order valence-corrected chi connectivity index (χ1v) is 7.94. The lowest BCUT2D eigenvalue weighted by Gasteiger charge is -2.07. The van der Waals surface area contributed by atoms with Crippen molar-refractivity contribution < 1.29 is 24.2 Å². The van der Waals surface area contributed by atoms with Crippen LogP contribution in [0.1, 0.15) is 20.7 Å². The van der Waals surface area contributed by atoms with Crippen LogP contribution in [0.15, 0.2) is 78.9 Å². The SMILES string of the molecule is O=C(COC(=O)c1ccc(Oc2ccc(O)cc2)cc1)c1ccccc1. The standard InChI is InChI=1S/C21H16O5/c22-17-8-12-19(13-9-17)26-18-10-6-16(7-11-18)21(24)25-14-20(23)15-4-2-1-3-5-15/h1-13,22H,14H2. The van der Waals surface area contributed by atoms with Crippen LogP contribution in [0.2, 0.25) is 0 Å². The zero-order valence-electron chi connectivity index (χ0n) is 13.8. The van der Waals surface area contributed by atoms with Gasteiger partial charge in [-0.25, -0.2) is 4.79 Å². The molecule has 0 aliphatic rings. The lowest BCUT2D eigenvalue weighted by molar-refractivity contribution is 0.0474. The van der Waals surface area contributed by atoms with Crippen LogP contribution in [0.4, 0.5) is 0 Å². The molecule has 3 rings (SSSR count). The summed E-state index contributed by atoms with van der Waals surface area (Å²) in [7, 11) is 0. The summed E-state index contributed by atoms with van der Waals surface area (Å²) in [5.74, 6) is 0.413.